The second kappa shape index (κ2) is 8.82. The zero-order valence-corrected chi connectivity index (χ0v) is 13.7. The van der Waals surface area contributed by atoms with Crippen molar-refractivity contribution in [1.29, 1.82) is 0 Å². The van der Waals surface area contributed by atoms with Gasteiger partial charge in [0, 0.05) is 31.8 Å². The van der Waals surface area contributed by atoms with Crippen molar-refractivity contribution in [3.05, 3.63) is 30.6 Å². The van der Waals surface area contributed by atoms with Crippen LogP contribution in [0.2, 0.25) is 0 Å². The zero-order chi connectivity index (χ0) is 16.5. The van der Waals surface area contributed by atoms with Crippen molar-refractivity contribution in [1.82, 2.24) is 30.2 Å². The maximum Gasteiger partial charge on any atom is 0.171 e. The van der Waals surface area contributed by atoms with Gasteiger partial charge in [0.15, 0.2) is 5.11 Å². The first kappa shape index (κ1) is 16.9. The van der Waals surface area contributed by atoms with Crippen molar-refractivity contribution in [3.8, 4) is 18.2 Å². The highest BCUT2D eigenvalue weighted by molar-refractivity contribution is 7.80. The van der Waals surface area contributed by atoms with E-state index in [4.69, 9.17) is 18.6 Å². The van der Waals surface area contributed by atoms with Gasteiger partial charge in [0.1, 0.15) is 24.3 Å². The number of anilines is 1. The van der Waals surface area contributed by atoms with E-state index in [2.05, 4.69) is 36.8 Å². The first-order valence-corrected chi connectivity index (χ1v) is 7.68. The number of thiocarbonyl (C=S) groups is 1. The van der Waals surface area contributed by atoms with Crippen LogP contribution in [0.5, 0.6) is 0 Å². The minimum atomic E-state index is 0.531. The normalized spacial score (nSPS) is 10.1. The number of nitrogens with zero attached hydrogens (tertiary/aromatic N) is 4. The Morgan fingerprint density at radius 3 is 3.04 bits per heavy atom. The summed E-state index contributed by atoms with van der Waals surface area (Å²) >= 11 is 5.15. The van der Waals surface area contributed by atoms with Gasteiger partial charge in [0.05, 0.1) is 12.2 Å². The molecule has 0 bridgehead atoms. The summed E-state index contributed by atoms with van der Waals surface area (Å²) in [5.74, 6) is 3.89. The highest BCUT2D eigenvalue weighted by atomic mass is 32.1. The molecule has 2 heterocycles. The van der Waals surface area contributed by atoms with Crippen LogP contribution in [-0.2, 0) is 6.42 Å². The molecule has 0 atom stereocenters. The largest absolute Gasteiger partial charge is 0.363 e. The molecule has 0 amide bonds. The number of terminal acetylenes is 1. The van der Waals surface area contributed by atoms with E-state index in [1.54, 1.807) is 6.33 Å². The summed E-state index contributed by atoms with van der Waals surface area (Å²) in [6, 6.07) is 1.81. The molecule has 2 aromatic rings. The Hall–Kier alpha value is -2.50. The highest BCUT2D eigenvalue weighted by Crippen LogP contribution is 2.10. The molecule has 0 spiro atoms. The molecule has 2 aromatic heterocycles. The van der Waals surface area contributed by atoms with Crippen molar-refractivity contribution in [3.63, 3.8) is 0 Å². The van der Waals surface area contributed by atoms with Crippen LogP contribution in [0.4, 0.5) is 5.82 Å². The maximum absolute atomic E-state index is 5.19. The van der Waals surface area contributed by atoms with Crippen LogP contribution >= 0.6 is 12.2 Å². The average molecular weight is 329 g/mol. The summed E-state index contributed by atoms with van der Waals surface area (Å²) in [6.45, 7) is 4.08. The van der Waals surface area contributed by atoms with E-state index in [1.165, 1.54) is 6.33 Å². The highest BCUT2D eigenvalue weighted by Gasteiger charge is 2.05. The molecule has 0 unspecified atom stereocenters. The van der Waals surface area contributed by atoms with Gasteiger partial charge in [-0.15, -0.1) is 6.42 Å². The van der Waals surface area contributed by atoms with E-state index in [0.717, 1.165) is 31.0 Å². The summed E-state index contributed by atoms with van der Waals surface area (Å²) in [4.78, 5) is 12.8. The lowest BCUT2D eigenvalue weighted by Crippen LogP contribution is -2.28. The Kier molecular flexibility index (Phi) is 6.47. The van der Waals surface area contributed by atoms with Crippen LogP contribution in [-0.4, -0.2) is 44.3 Å². The minimum Gasteiger partial charge on any atom is -0.363 e. The van der Waals surface area contributed by atoms with Gasteiger partial charge in [-0.1, -0.05) is 5.92 Å². The topological polar surface area (TPSA) is 79.7 Å². The quantitative estimate of drug-likeness (QED) is 0.393. The third-order valence-electron chi connectivity index (χ3n) is 2.92. The zero-order valence-electron chi connectivity index (χ0n) is 12.9. The molecule has 0 saturated heterocycles. The second-order valence-electron chi connectivity index (χ2n) is 4.65. The Labute approximate surface area is 140 Å². The van der Waals surface area contributed by atoms with E-state index >= 15 is 0 Å². The molecule has 0 aliphatic heterocycles. The van der Waals surface area contributed by atoms with E-state index in [0.29, 0.717) is 17.5 Å². The molecular formula is C15H19N7S. The summed E-state index contributed by atoms with van der Waals surface area (Å²) in [7, 11) is 0. The summed E-state index contributed by atoms with van der Waals surface area (Å²) in [6.07, 6.45) is 11.1. The fourth-order valence-electron chi connectivity index (χ4n) is 1.87. The Morgan fingerprint density at radius 1 is 1.39 bits per heavy atom. The minimum absolute atomic E-state index is 0.531. The number of hydrogen-bond donors (Lipinski definition) is 3. The first-order valence-electron chi connectivity index (χ1n) is 7.27. The fraction of sp³-hybridized carbons (Fsp3) is 0.333. The summed E-state index contributed by atoms with van der Waals surface area (Å²) in [5.41, 5.74) is 0.964. The first-order chi connectivity index (χ1) is 11.2. The molecule has 8 heteroatoms. The molecule has 3 N–H and O–H groups in total. The average Bonchev–Trinajstić information content (AvgIpc) is 3.01. The monoisotopic (exact) mass is 329 g/mol. The molecule has 0 aliphatic rings. The number of hydrogen-bond acceptors (Lipinski definition) is 5. The predicted octanol–water partition coefficient (Wildman–Crippen LogP) is 0.734. The maximum atomic E-state index is 5.19. The third-order valence-corrected chi connectivity index (χ3v) is 3.16. The lowest BCUT2D eigenvalue weighted by molar-refractivity contribution is 0.744. The van der Waals surface area contributed by atoms with Crippen LogP contribution in [0.15, 0.2) is 24.9 Å². The molecule has 2 rings (SSSR count). The SMILES string of the molecule is C#CCNCCc1cn(-c2cc(NC(=S)NCC)ncn2)cn1. The molecule has 120 valence electrons. The summed E-state index contributed by atoms with van der Waals surface area (Å²) in [5, 5.41) is 9.69. The lowest BCUT2D eigenvalue weighted by atomic mass is 10.3. The van der Waals surface area contributed by atoms with E-state index < -0.39 is 0 Å². The molecule has 0 saturated carbocycles. The lowest BCUT2D eigenvalue weighted by Gasteiger charge is -2.08. The van der Waals surface area contributed by atoms with Gasteiger partial charge in [-0.05, 0) is 19.1 Å². The predicted molar refractivity (Wildman–Crippen MR) is 94.5 cm³/mol. The van der Waals surface area contributed by atoms with Crippen LogP contribution < -0.4 is 16.0 Å². The van der Waals surface area contributed by atoms with E-state index in [9.17, 15) is 0 Å². The molecule has 0 aliphatic carbocycles. The van der Waals surface area contributed by atoms with Crippen LogP contribution in [0.3, 0.4) is 0 Å². The van der Waals surface area contributed by atoms with E-state index in [-0.39, 0.29) is 0 Å². The third kappa shape index (κ3) is 5.32. The van der Waals surface area contributed by atoms with Gasteiger partial charge in [-0.2, -0.15) is 0 Å². The van der Waals surface area contributed by atoms with Gasteiger partial charge < -0.3 is 16.0 Å². The number of imidazole rings is 1. The molecule has 0 aromatic carbocycles. The smallest absolute Gasteiger partial charge is 0.171 e. The Bertz CT molecular complexity index is 689. The van der Waals surface area contributed by atoms with Crippen LogP contribution in [0, 0.1) is 12.3 Å². The fourth-order valence-corrected chi connectivity index (χ4v) is 2.12. The number of nitrogens with one attached hydrogen (secondary N) is 3. The van der Waals surface area contributed by atoms with Crippen molar-refractivity contribution in [2.75, 3.05) is 25.0 Å². The van der Waals surface area contributed by atoms with Crippen molar-refractivity contribution < 1.29 is 0 Å². The van der Waals surface area contributed by atoms with Gasteiger partial charge in [-0.25, -0.2) is 15.0 Å². The summed E-state index contributed by atoms with van der Waals surface area (Å²) < 4.78 is 1.85. The van der Waals surface area contributed by atoms with Gasteiger partial charge in [-0.3, -0.25) is 4.57 Å². The van der Waals surface area contributed by atoms with Gasteiger partial charge in [0.25, 0.3) is 0 Å². The van der Waals surface area contributed by atoms with Crippen LogP contribution in [0.25, 0.3) is 5.82 Å². The van der Waals surface area contributed by atoms with Gasteiger partial charge >= 0.3 is 0 Å². The molecule has 23 heavy (non-hydrogen) atoms. The van der Waals surface area contributed by atoms with Crippen molar-refractivity contribution in [2.45, 2.75) is 13.3 Å². The Morgan fingerprint density at radius 2 is 2.26 bits per heavy atom. The molecule has 0 radical (unpaired) electrons. The van der Waals surface area contributed by atoms with Gasteiger partial charge in [0.2, 0.25) is 0 Å². The molecule has 7 nitrogen and oxygen atoms in total. The Balaban J connectivity index is 2.00. The van der Waals surface area contributed by atoms with Crippen LogP contribution in [0.1, 0.15) is 12.6 Å². The number of rotatable bonds is 7. The van der Waals surface area contributed by atoms with E-state index in [1.807, 2.05) is 23.8 Å². The van der Waals surface area contributed by atoms with Crippen molar-refractivity contribution in [2.24, 2.45) is 0 Å². The second-order valence-corrected chi connectivity index (χ2v) is 5.06. The molecule has 0 fully saturated rings. The van der Waals surface area contributed by atoms with Crippen molar-refractivity contribution >= 4 is 23.1 Å². The number of aromatic nitrogens is 4. The molecular weight excluding hydrogens is 310 g/mol. The standard InChI is InChI=1S/C15H19N7S/c1-3-6-16-7-5-12-9-22(11-20-12)14-8-13(18-10-19-14)21-15(23)17-4-2/h1,8-11,16H,4-7H2,2H3,(H2,17,18,19,21,23).